The molecule has 0 unspecified atom stereocenters. The van der Waals surface area contributed by atoms with Crippen molar-refractivity contribution in [2.24, 2.45) is 0 Å². The average molecular weight is 375 g/mol. The lowest BCUT2D eigenvalue weighted by Crippen LogP contribution is -2.16. The summed E-state index contributed by atoms with van der Waals surface area (Å²) in [6.45, 7) is 0.869. The standard InChI is InChI=1S/C15H10Cl3NO4/c16-9-1-2-12(18)19-13(9)15(20)23-7-8-5-10(17)14-11(6-8)21-3-4-22-14/h1-2,5-6H,3-4,7H2. The van der Waals surface area contributed by atoms with Gasteiger partial charge in [0.15, 0.2) is 17.2 Å². The van der Waals surface area contributed by atoms with Gasteiger partial charge in [0.05, 0.1) is 10.0 Å². The number of rotatable bonds is 3. The largest absolute Gasteiger partial charge is 0.486 e. The molecular weight excluding hydrogens is 365 g/mol. The molecule has 1 aliphatic heterocycles. The summed E-state index contributed by atoms with van der Waals surface area (Å²) in [4.78, 5) is 15.9. The van der Waals surface area contributed by atoms with Crippen LogP contribution >= 0.6 is 34.8 Å². The van der Waals surface area contributed by atoms with Gasteiger partial charge in [-0.05, 0) is 29.8 Å². The quantitative estimate of drug-likeness (QED) is 0.596. The first kappa shape index (κ1) is 16.2. The van der Waals surface area contributed by atoms with Crippen molar-refractivity contribution < 1.29 is 19.0 Å². The fraction of sp³-hybridized carbons (Fsp3) is 0.200. The molecule has 1 aromatic carbocycles. The normalized spacial score (nSPS) is 12.8. The summed E-state index contributed by atoms with van der Waals surface area (Å²) in [6, 6.07) is 6.33. The maximum atomic E-state index is 12.0. The Hall–Kier alpha value is -1.69. The zero-order chi connectivity index (χ0) is 16.4. The molecule has 5 nitrogen and oxygen atoms in total. The molecule has 3 rings (SSSR count). The predicted molar refractivity (Wildman–Crippen MR) is 85.8 cm³/mol. The molecule has 0 atom stereocenters. The van der Waals surface area contributed by atoms with Gasteiger partial charge in [0.1, 0.15) is 25.0 Å². The number of carbonyl (C=O) groups excluding carboxylic acids is 1. The molecule has 23 heavy (non-hydrogen) atoms. The van der Waals surface area contributed by atoms with E-state index in [0.29, 0.717) is 35.3 Å². The number of hydrogen-bond donors (Lipinski definition) is 0. The van der Waals surface area contributed by atoms with Crippen molar-refractivity contribution in [2.75, 3.05) is 13.2 Å². The topological polar surface area (TPSA) is 57.7 Å². The van der Waals surface area contributed by atoms with E-state index >= 15 is 0 Å². The molecule has 8 heteroatoms. The monoisotopic (exact) mass is 373 g/mol. The molecule has 0 radical (unpaired) electrons. The molecule has 0 fully saturated rings. The van der Waals surface area contributed by atoms with Crippen LogP contribution in [0, 0.1) is 0 Å². The summed E-state index contributed by atoms with van der Waals surface area (Å²) >= 11 is 17.8. The summed E-state index contributed by atoms with van der Waals surface area (Å²) in [6.07, 6.45) is 0. The summed E-state index contributed by atoms with van der Waals surface area (Å²) in [5, 5.41) is 0.718. The maximum absolute atomic E-state index is 12.0. The highest BCUT2D eigenvalue weighted by Crippen LogP contribution is 2.38. The van der Waals surface area contributed by atoms with Crippen molar-refractivity contribution in [1.82, 2.24) is 4.98 Å². The van der Waals surface area contributed by atoms with E-state index in [2.05, 4.69) is 4.98 Å². The van der Waals surface area contributed by atoms with Gasteiger partial charge < -0.3 is 14.2 Å². The molecule has 120 valence electrons. The van der Waals surface area contributed by atoms with Gasteiger partial charge in [-0.25, -0.2) is 9.78 Å². The van der Waals surface area contributed by atoms with Crippen LogP contribution in [-0.4, -0.2) is 24.2 Å². The molecule has 0 spiro atoms. The fourth-order valence-electron chi connectivity index (χ4n) is 2.03. The first-order chi connectivity index (χ1) is 11.0. The highest BCUT2D eigenvalue weighted by Gasteiger charge is 2.18. The Labute approximate surface area is 147 Å². The number of hydrogen-bond acceptors (Lipinski definition) is 5. The Morgan fingerprint density at radius 2 is 1.91 bits per heavy atom. The zero-order valence-electron chi connectivity index (χ0n) is 11.6. The van der Waals surface area contributed by atoms with E-state index in [1.165, 1.54) is 12.1 Å². The van der Waals surface area contributed by atoms with Crippen LogP contribution in [-0.2, 0) is 11.3 Å². The third kappa shape index (κ3) is 3.63. The molecule has 0 saturated carbocycles. The smallest absolute Gasteiger partial charge is 0.358 e. The second-order valence-corrected chi connectivity index (χ2v) is 5.84. The van der Waals surface area contributed by atoms with Gasteiger partial charge in [-0.3, -0.25) is 0 Å². The van der Waals surface area contributed by atoms with Crippen LogP contribution in [0.15, 0.2) is 24.3 Å². The van der Waals surface area contributed by atoms with E-state index in [1.807, 2.05) is 0 Å². The Morgan fingerprint density at radius 1 is 1.13 bits per heavy atom. The number of aromatic nitrogens is 1. The lowest BCUT2D eigenvalue weighted by atomic mass is 10.2. The van der Waals surface area contributed by atoms with E-state index in [9.17, 15) is 4.79 Å². The molecule has 1 aromatic heterocycles. The number of halogens is 3. The van der Waals surface area contributed by atoms with Gasteiger partial charge >= 0.3 is 5.97 Å². The van der Waals surface area contributed by atoms with Crippen molar-refractivity contribution in [3.63, 3.8) is 0 Å². The number of carbonyl (C=O) groups is 1. The SMILES string of the molecule is O=C(OCc1cc(Cl)c2c(c1)OCCO2)c1nc(Cl)ccc1Cl. The summed E-state index contributed by atoms with van der Waals surface area (Å²) in [5.41, 5.74) is 0.619. The molecule has 0 saturated heterocycles. The van der Waals surface area contributed by atoms with E-state index in [1.54, 1.807) is 12.1 Å². The number of pyridine rings is 1. The van der Waals surface area contributed by atoms with Gasteiger partial charge in [0.2, 0.25) is 0 Å². The van der Waals surface area contributed by atoms with Gasteiger partial charge in [-0.1, -0.05) is 34.8 Å². The minimum atomic E-state index is -0.677. The minimum absolute atomic E-state index is 0.0142. The van der Waals surface area contributed by atoms with Crippen LogP contribution in [0.25, 0.3) is 0 Å². The Balaban J connectivity index is 1.74. The first-order valence-corrected chi connectivity index (χ1v) is 7.75. The van der Waals surface area contributed by atoms with Gasteiger partial charge in [0, 0.05) is 0 Å². The molecule has 2 heterocycles. The van der Waals surface area contributed by atoms with Crippen LogP contribution in [0.5, 0.6) is 11.5 Å². The molecule has 2 aromatic rings. The molecule has 0 amide bonds. The van der Waals surface area contributed by atoms with Gasteiger partial charge in [0.25, 0.3) is 0 Å². The molecule has 0 N–H and O–H groups in total. The average Bonchev–Trinajstić information content (AvgIpc) is 2.55. The molecule has 0 bridgehead atoms. The number of esters is 1. The third-order valence-corrected chi connectivity index (χ3v) is 3.83. The van der Waals surface area contributed by atoms with Crippen LogP contribution < -0.4 is 9.47 Å². The van der Waals surface area contributed by atoms with E-state index in [-0.39, 0.29) is 22.5 Å². The van der Waals surface area contributed by atoms with Crippen LogP contribution in [0.4, 0.5) is 0 Å². The van der Waals surface area contributed by atoms with Crippen molar-refractivity contribution in [1.29, 1.82) is 0 Å². The number of fused-ring (bicyclic) bond motifs is 1. The fourth-order valence-corrected chi connectivity index (χ4v) is 2.64. The predicted octanol–water partition coefficient (Wildman–Crippen LogP) is 4.17. The van der Waals surface area contributed by atoms with Crippen molar-refractivity contribution in [3.8, 4) is 11.5 Å². The first-order valence-electron chi connectivity index (χ1n) is 6.62. The van der Waals surface area contributed by atoms with Crippen LogP contribution in [0.3, 0.4) is 0 Å². The second-order valence-electron chi connectivity index (χ2n) is 4.64. The Morgan fingerprint density at radius 3 is 2.74 bits per heavy atom. The molecule has 1 aliphatic rings. The van der Waals surface area contributed by atoms with E-state index < -0.39 is 5.97 Å². The Bertz CT molecular complexity index is 767. The minimum Gasteiger partial charge on any atom is -0.486 e. The van der Waals surface area contributed by atoms with Crippen molar-refractivity contribution in [2.45, 2.75) is 6.61 Å². The third-order valence-electron chi connectivity index (χ3n) is 3.03. The summed E-state index contributed by atoms with van der Waals surface area (Å²) in [7, 11) is 0. The number of nitrogens with zero attached hydrogens (tertiary/aromatic N) is 1. The number of benzene rings is 1. The number of ether oxygens (including phenoxy) is 3. The second kappa shape index (κ2) is 6.83. The van der Waals surface area contributed by atoms with Crippen LogP contribution in [0.1, 0.15) is 16.1 Å². The highest BCUT2D eigenvalue weighted by molar-refractivity contribution is 6.34. The maximum Gasteiger partial charge on any atom is 0.358 e. The van der Waals surface area contributed by atoms with Crippen molar-refractivity contribution >= 4 is 40.8 Å². The molecule has 0 aliphatic carbocycles. The zero-order valence-corrected chi connectivity index (χ0v) is 13.9. The van der Waals surface area contributed by atoms with E-state index in [4.69, 9.17) is 49.0 Å². The van der Waals surface area contributed by atoms with Crippen molar-refractivity contribution in [3.05, 3.63) is 50.7 Å². The Kier molecular flexibility index (Phi) is 4.80. The summed E-state index contributed by atoms with van der Waals surface area (Å²) < 4.78 is 16.1. The van der Waals surface area contributed by atoms with E-state index in [0.717, 1.165) is 0 Å². The van der Waals surface area contributed by atoms with Gasteiger partial charge in [-0.2, -0.15) is 0 Å². The molecular formula is C15H10Cl3NO4. The summed E-state index contributed by atoms with van der Waals surface area (Å²) in [5.74, 6) is 0.338. The van der Waals surface area contributed by atoms with Gasteiger partial charge in [-0.15, -0.1) is 0 Å². The van der Waals surface area contributed by atoms with Crippen LogP contribution in [0.2, 0.25) is 15.2 Å². The lowest BCUT2D eigenvalue weighted by Gasteiger charge is -2.20. The lowest BCUT2D eigenvalue weighted by molar-refractivity contribution is 0.0465. The highest BCUT2D eigenvalue weighted by atomic mass is 35.5.